The van der Waals surface area contributed by atoms with Crippen LogP contribution in [0.5, 0.6) is 0 Å². The standard InChI is InChI=1S/C17H20N6O/c1-13(2)23-6-5-15(20-23)17(24)22-9-7-21(8-10-22)16-4-3-14(11-18)12-19-16/h3-6,12-13H,7-10H2,1-2H3. The molecule has 0 unspecified atom stereocenters. The highest BCUT2D eigenvalue weighted by Crippen LogP contribution is 2.15. The summed E-state index contributed by atoms with van der Waals surface area (Å²) in [5.74, 6) is 0.812. The number of rotatable bonds is 3. The van der Waals surface area contributed by atoms with Crippen LogP contribution in [-0.2, 0) is 0 Å². The van der Waals surface area contributed by atoms with Crippen LogP contribution in [-0.4, -0.2) is 51.8 Å². The zero-order valence-electron chi connectivity index (χ0n) is 13.9. The molecule has 1 saturated heterocycles. The zero-order valence-corrected chi connectivity index (χ0v) is 13.9. The van der Waals surface area contributed by atoms with Crippen LogP contribution < -0.4 is 4.90 Å². The predicted octanol–water partition coefficient (Wildman–Crippen LogP) is 1.69. The van der Waals surface area contributed by atoms with E-state index in [9.17, 15) is 4.79 Å². The Morgan fingerprint density at radius 1 is 1.21 bits per heavy atom. The molecule has 124 valence electrons. The molecule has 1 fully saturated rings. The molecule has 0 aromatic carbocycles. The molecule has 0 N–H and O–H groups in total. The summed E-state index contributed by atoms with van der Waals surface area (Å²) in [5.41, 5.74) is 1.04. The molecule has 0 spiro atoms. The number of nitrogens with zero attached hydrogens (tertiary/aromatic N) is 6. The van der Waals surface area contributed by atoms with Crippen LogP contribution >= 0.6 is 0 Å². The second-order valence-corrected chi connectivity index (χ2v) is 6.07. The highest BCUT2D eigenvalue weighted by molar-refractivity contribution is 5.92. The Balaban J connectivity index is 1.61. The number of amides is 1. The van der Waals surface area contributed by atoms with Crippen LogP contribution in [0.2, 0.25) is 0 Å². The number of carbonyl (C=O) groups excluding carboxylic acids is 1. The summed E-state index contributed by atoms with van der Waals surface area (Å²) < 4.78 is 1.80. The first kappa shape index (κ1) is 16.0. The summed E-state index contributed by atoms with van der Waals surface area (Å²) in [7, 11) is 0. The molecular weight excluding hydrogens is 304 g/mol. The van der Waals surface area contributed by atoms with Gasteiger partial charge in [-0.2, -0.15) is 10.4 Å². The Morgan fingerprint density at radius 2 is 1.96 bits per heavy atom. The van der Waals surface area contributed by atoms with Gasteiger partial charge in [0.2, 0.25) is 0 Å². The highest BCUT2D eigenvalue weighted by atomic mass is 16.2. The first-order valence-electron chi connectivity index (χ1n) is 8.04. The number of pyridine rings is 1. The van der Waals surface area contributed by atoms with Gasteiger partial charge in [-0.25, -0.2) is 4.98 Å². The third kappa shape index (κ3) is 3.23. The quantitative estimate of drug-likeness (QED) is 0.858. The minimum atomic E-state index is -0.0261. The average Bonchev–Trinajstić information content (AvgIpc) is 3.12. The highest BCUT2D eigenvalue weighted by Gasteiger charge is 2.24. The molecule has 0 radical (unpaired) electrons. The van der Waals surface area contributed by atoms with Crippen molar-refractivity contribution < 1.29 is 4.79 Å². The summed E-state index contributed by atoms with van der Waals surface area (Å²) in [4.78, 5) is 20.8. The molecule has 0 atom stereocenters. The summed E-state index contributed by atoms with van der Waals surface area (Å²) in [5, 5.41) is 13.2. The summed E-state index contributed by atoms with van der Waals surface area (Å²) in [6, 6.07) is 7.69. The van der Waals surface area contributed by atoms with Crippen molar-refractivity contribution in [3.05, 3.63) is 41.9 Å². The van der Waals surface area contributed by atoms with Crippen LogP contribution in [0.15, 0.2) is 30.6 Å². The second kappa shape index (κ2) is 6.71. The molecule has 0 aliphatic carbocycles. The third-order valence-corrected chi connectivity index (χ3v) is 4.12. The molecule has 7 nitrogen and oxygen atoms in total. The number of carbonyl (C=O) groups is 1. The number of hydrogen-bond donors (Lipinski definition) is 0. The van der Waals surface area contributed by atoms with Gasteiger partial charge in [-0.15, -0.1) is 0 Å². The van der Waals surface area contributed by atoms with Crippen molar-refractivity contribution in [1.29, 1.82) is 5.26 Å². The molecule has 2 aromatic heterocycles. The molecular formula is C17H20N6O. The van der Waals surface area contributed by atoms with Crippen molar-refractivity contribution in [3.8, 4) is 6.07 Å². The Kier molecular flexibility index (Phi) is 4.47. The van der Waals surface area contributed by atoms with Gasteiger partial charge >= 0.3 is 0 Å². The van der Waals surface area contributed by atoms with Crippen molar-refractivity contribution in [2.24, 2.45) is 0 Å². The van der Waals surface area contributed by atoms with Crippen LogP contribution in [0.25, 0.3) is 0 Å². The van der Waals surface area contributed by atoms with Crippen molar-refractivity contribution in [1.82, 2.24) is 19.7 Å². The smallest absolute Gasteiger partial charge is 0.274 e. The summed E-state index contributed by atoms with van der Waals surface area (Å²) in [6.07, 6.45) is 3.42. The van der Waals surface area contributed by atoms with E-state index in [0.29, 0.717) is 24.3 Å². The SMILES string of the molecule is CC(C)n1ccc(C(=O)N2CCN(c3ccc(C#N)cn3)CC2)n1. The minimum absolute atomic E-state index is 0.0261. The maximum absolute atomic E-state index is 12.5. The lowest BCUT2D eigenvalue weighted by molar-refractivity contribution is 0.0739. The Bertz CT molecular complexity index is 750. The minimum Gasteiger partial charge on any atom is -0.353 e. The zero-order chi connectivity index (χ0) is 17.1. The van der Waals surface area contributed by atoms with Gasteiger partial charge < -0.3 is 9.80 Å². The van der Waals surface area contributed by atoms with Gasteiger partial charge in [-0.05, 0) is 32.0 Å². The van der Waals surface area contributed by atoms with E-state index >= 15 is 0 Å². The van der Waals surface area contributed by atoms with Gasteiger partial charge in [0.05, 0.1) is 5.56 Å². The van der Waals surface area contributed by atoms with Crippen molar-refractivity contribution in [2.45, 2.75) is 19.9 Å². The maximum atomic E-state index is 12.5. The molecule has 7 heteroatoms. The van der Waals surface area contributed by atoms with Gasteiger partial charge in [0.1, 0.15) is 17.6 Å². The van der Waals surface area contributed by atoms with Crippen LogP contribution in [0, 0.1) is 11.3 Å². The number of hydrogen-bond acceptors (Lipinski definition) is 5. The summed E-state index contributed by atoms with van der Waals surface area (Å²) in [6.45, 7) is 6.77. The van der Waals surface area contributed by atoms with E-state index in [-0.39, 0.29) is 11.9 Å². The van der Waals surface area contributed by atoms with Gasteiger partial charge in [0.15, 0.2) is 0 Å². The van der Waals surface area contributed by atoms with E-state index in [0.717, 1.165) is 18.9 Å². The molecule has 0 saturated carbocycles. The van der Waals surface area contributed by atoms with Crippen LogP contribution in [0.1, 0.15) is 35.9 Å². The molecule has 1 aliphatic rings. The van der Waals surface area contributed by atoms with E-state index in [1.165, 1.54) is 0 Å². The molecule has 0 bridgehead atoms. The molecule has 3 heterocycles. The van der Waals surface area contributed by atoms with E-state index < -0.39 is 0 Å². The van der Waals surface area contributed by atoms with E-state index in [4.69, 9.17) is 5.26 Å². The van der Waals surface area contributed by atoms with Gasteiger partial charge in [0.25, 0.3) is 5.91 Å². The molecule has 24 heavy (non-hydrogen) atoms. The molecule has 1 aliphatic heterocycles. The Morgan fingerprint density at radius 3 is 2.50 bits per heavy atom. The van der Waals surface area contributed by atoms with Crippen molar-refractivity contribution >= 4 is 11.7 Å². The number of nitriles is 1. The van der Waals surface area contributed by atoms with E-state index in [1.807, 2.05) is 31.0 Å². The van der Waals surface area contributed by atoms with Crippen molar-refractivity contribution in [3.63, 3.8) is 0 Å². The van der Waals surface area contributed by atoms with E-state index in [2.05, 4.69) is 21.1 Å². The molecule has 2 aromatic rings. The fourth-order valence-electron chi connectivity index (χ4n) is 2.68. The molecule has 3 rings (SSSR count). The monoisotopic (exact) mass is 324 g/mol. The second-order valence-electron chi connectivity index (χ2n) is 6.07. The Hall–Kier alpha value is -2.88. The maximum Gasteiger partial charge on any atom is 0.274 e. The average molecular weight is 324 g/mol. The number of piperazine rings is 1. The Labute approximate surface area is 141 Å². The fraction of sp³-hybridized carbons (Fsp3) is 0.412. The van der Waals surface area contributed by atoms with Crippen LogP contribution in [0.3, 0.4) is 0 Å². The van der Waals surface area contributed by atoms with Gasteiger partial charge in [-0.3, -0.25) is 9.48 Å². The lowest BCUT2D eigenvalue weighted by atomic mass is 10.2. The third-order valence-electron chi connectivity index (χ3n) is 4.12. The largest absolute Gasteiger partial charge is 0.353 e. The number of anilines is 1. The van der Waals surface area contributed by atoms with Gasteiger partial charge in [-0.1, -0.05) is 0 Å². The van der Waals surface area contributed by atoms with Crippen LogP contribution in [0.4, 0.5) is 5.82 Å². The number of aromatic nitrogens is 3. The van der Waals surface area contributed by atoms with Gasteiger partial charge in [0, 0.05) is 44.6 Å². The first-order chi connectivity index (χ1) is 11.6. The normalized spacial score (nSPS) is 14.8. The lowest BCUT2D eigenvalue weighted by Crippen LogP contribution is -2.49. The molecule has 1 amide bonds. The summed E-state index contributed by atoms with van der Waals surface area (Å²) >= 11 is 0. The van der Waals surface area contributed by atoms with Crippen molar-refractivity contribution in [2.75, 3.05) is 31.1 Å². The predicted molar refractivity (Wildman–Crippen MR) is 89.7 cm³/mol. The van der Waals surface area contributed by atoms with E-state index in [1.54, 1.807) is 23.0 Å². The first-order valence-corrected chi connectivity index (χ1v) is 8.04. The topological polar surface area (TPSA) is 78.0 Å². The lowest BCUT2D eigenvalue weighted by Gasteiger charge is -2.35. The fourth-order valence-corrected chi connectivity index (χ4v) is 2.68.